The van der Waals surface area contributed by atoms with Gasteiger partial charge >= 0.3 is 12.1 Å². The Labute approximate surface area is 248 Å². The van der Waals surface area contributed by atoms with Crippen molar-refractivity contribution in [2.24, 2.45) is 0 Å². The number of piperidine rings is 1. The Balaban J connectivity index is 1.35. The number of carbonyl (C=O) groups is 1. The molecule has 0 spiro atoms. The van der Waals surface area contributed by atoms with Gasteiger partial charge in [-0.15, -0.1) is 0 Å². The summed E-state index contributed by atoms with van der Waals surface area (Å²) in [4.78, 5) is 15.9. The molecule has 9 nitrogen and oxygen atoms in total. The van der Waals surface area contributed by atoms with E-state index in [0.29, 0.717) is 42.7 Å². The molecule has 0 amide bonds. The lowest BCUT2D eigenvalue weighted by atomic mass is 9.89. The van der Waals surface area contributed by atoms with Crippen molar-refractivity contribution in [2.45, 2.75) is 57.5 Å². The third-order valence-electron chi connectivity index (χ3n) is 8.11. The average Bonchev–Trinajstić information content (AvgIpc) is 3.43. The Morgan fingerprint density at radius 1 is 1.12 bits per heavy atom. The van der Waals surface area contributed by atoms with Crippen molar-refractivity contribution in [3.8, 4) is 11.6 Å². The van der Waals surface area contributed by atoms with Crippen molar-refractivity contribution in [1.29, 1.82) is 0 Å². The monoisotopic (exact) mass is 618 g/mol. The molecule has 1 aromatic carbocycles. The Morgan fingerprint density at radius 2 is 1.84 bits per heavy atom. The van der Waals surface area contributed by atoms with Gasteiger partial charge in [0.15, 0.2) is 11.5 Å². The van der Waals surface area contributed by atoms with E-state index >= 15 is 0 Å². The van der Waals surface area contributed by atoms with Crippen LogP contribution in [0, 0.1) is 6.92 Å². The van der Waals surface area contributed by atoms with Gasteiger partial charge in [0.1, 0.15) is 17.9 Å². The number of halogens is 3. The van der Waals surface area contributed by atoms with Crippen LogP contribution in [0.4, 0.5) is 13.2 Å². The molecule has 0 atom stereocenters. The number of sulfonamides is 1. The van der Waals surface area contributed by atoms with E-state index < -0.39 is 33.4 Å². The van der Waals surface area contributed by atoms with Gasteiger partial charge in [-0.2, -0.15) is 18.3 Å². The molecule has 0 radical (unpaired) electrons. The predicted octanol–water partition coefficient (Wildman–Crippen LogP) is 5.84. The van der Waals surface area contributed by atoms with E-state index in [1.807, 2.05) is 19.1 Å². The number of pyridine rings is 1. The maximum atomic E-state index is 13.8. The summed E-state index contributed by atoms with van der Waals surface area (Å²) in [5, 5.41) is 13.0. The molecule has 0 saturated carbocycles. The summed E-state index contributed by atoms with van der Waals surface area (Å²) < 4.78 is 73.3. The minimum absolute atomic E-state index is 0.121. The number of hydrogen-bond acceptors (Lipinski definition) is 6. The SMILES string of the molecule is Cc1cc(C2CCN(S(C)(=O)=O)CC2)ccc1OCC1=C(c2cccc(-n3ncc(C(=O)O)c3C(F)(F)F)n2)CCCC1. The molecule has 2 aromatic heterocycles. The Morgan fingerprint density at radius 3 is 2.49 bits per heavy atom. The van der Waals surface area contributed by atoms with Crippen molar-refractivity contribution >= 4 is 21.6 Å². The molecule has 230 valence electrons. The highest BCUT2D eigenvalue weighted by atomic mass is 32.2. The molecule has 3 aromatic rings. The molecule has 1 fully saturated rings. The largest absolute Gasteiger partial charge is 0.489 e. The summed E-state index contributed by atoms with van der Waals surface area (Å²) in [6, 6.07) is 10.7. The molecule has 0 bridgehead atoms. The minimum Gasteiger partial charge on any atom is -0.489 e. The van der Waals surface area contributed by atoms with Crippen molar-refractivity contribution < 1.29 is 36.2 Å². The van der Waals surface area contributed by atoms with Crippen LogP contribution in [0.1, 0.15) is 77.3 Å². The van der Waals surface area contributed by atoms with Crippen LogP contribution < -0.4 is 4.74 Å². The summed E-state index contributed by atoms with van der Waals surface area (Å²) >= 11 is 0. The molecule has 43 heavy (non-hydrogen) atoms. The Bertz CT molecular complexity index is 1660. The zero-order valence-corrected chi connectivity index (χ0v) is 24.7. The summed E-state index contributed by atoms with van der Waals surface area (Å²) in [6.07, 6.45) is 1.80. The molecule has 5 rings (SSSR count). The molecular formula is C30H33F3N4O5S. The minimum atomic E-state index is -4.94. The maximum absolute atomic E-state index is 13.8. The third-order valence-corrected chi connectivity index (χ3v) is 9.41. The number of aryl methyl sites for hydroxylation is 1. The van der Waals surface area contributed by atoms with E-state index in [1.165, 1.54) is 16.6 Å². The van der Waals surface area contributed by atoms with Gasteiger partial charge in [-0.1, -0.05) is 18.2 Å². The highest BCUT2D eigenvalue weighted by Gasteiger charge is 2.41. The quantitative estimate of drug-likeness (QED) is 0.338. The van der Waals surface area contributed by atoms with Gasteiger partial charge in [0.2, 0.25) is 10.0 Å². The Hall–Kier alpha value is -3.71. The number of aromatic nitrogens is 3. The highest BCUT2D eigenvalue weighted by Crippen LogP contribution is 2.36. The second-order valence-electron chi connectivity index (χ2n) is 11.0. The molecule has 3 heterocycles. The third kappa shape index (κ3) is 6.77. The van der Waals surface area contributed by atoms with Gasteiger partial charge < -0.3 is 9.84 Å². The first-order chi connectivity index (χ1) is 20.3. The second-order valence-corrected chi connectivity index (χ2v) is 13.0. The van der Waals surface area contributed by atoms with Crippen LogP contribution in [0.15, 0.2) is 48.2 Å². The van der Waals surface area contributed by atoms with Crippen molar-refractivity contribution in [3.63, 3.8) is 0 Å². The first kappa shape index (κ1) is 30.7. The van der Waals surface area contributed by atoms with Crippen LogP contribution in [0.3, 0.4) is 0 Å². The number of hydrogen-bond donors (Lipinski definition) is 1. The van der Waals surface area contributed by atoms with Crippen LogP contribution >= 0.6 is 0 Å². The van der Waals surface area contributed by atoms with E-state index in [0.717, 1.165) is 60.1 Å². The molecule has 1 N–H and O–H groups in total. The van der Waals surface area contributed by atoms with Crippen molar-refractivity contribution in [2.75, 3.05) is 26.0 Å². The molecule has 2 aliphatic rings. The fourth-order valence-corrected chi connectivity index (χ4v) is 6.75. The standard InChI is InChI=1S/C30H33F3N4O5S/c1-19-16-21(20-12-14-36(15-13-20)43(2,40)41)10-11-26(19)42-18-22-6-3-4-7-23(22)25-8-5-9-27(35-25)37-28(30(31,32)33)24(17-34-37)29(38)39/h5,8-11,16-17,20H,3-4,6-7,12-15,18H2,1-2H3,(H,38,39). The van der Waals surface area contributed by atoms with E-state index in [9.17, 15) is 31.5 Å². The summed E-state index contributed by atoms with van der Waals surface area (Å²) in [6.45, 7) is 3.28. The predicted molar refractivity (Wildman–Crippen MR) is 154 cm³/mol. The first-order valence-electron chi connectivity index (χ1n) is 14.1. The first-order valence-corrected chi connectivity index (χ1v) is 15.9. The Kier molecular flexibility index (Phi) is 8.66. The fraction of sp³-hybridized carbons (Fsp3) is 0.433. The number of aromatic carboxylic acids is 1. The van der Waals surface area contributed by atoms with Crippen LogP contribution in [0.5, 0.6) is 5.75 Å². The summed E-state index contributed by atoms with van der Waals surface area (Å²) in [5.74, 6) is -0.839. The van der Waals surface area contributed by atoms with Crippen LogP contribution in [0.25, 0.3) is 11.4 Å². The molecular weight excluding hydrogens is 585 g/mol. The van der Waals surface area contributed by atoms with Crippen LogP contribution in [-0.4, -0.2) is 64.5 Å². The molecule has 0 unspecified atom stereocenters. The van der Waals surface area contributed by atoms with Gasteiger partial charge in [-0.25, -0.2) is 27.2 Å². The van der Waals surface area contributed by atoms with Gasteiger partial charge in [0, 0.05) is 13.1 Å². The molecule has 1 aliphatic heterocycles. The average molecular weight is 619 g/mol. The van der Waals surface area contributed by atoms with Crippen molar-refractivity contribution in [1.82, 2.24) is 19.1 Å². The normalized spacial score (nSPS) is 17.3. The highest BCUT2D eigenvalue weighted by molar-refractivity contribution is 7.88. The lowest BCUT2D eigenvalue weighted by Gasteiger charge is -2.30. The summed E-state index contributed by atoms with van der Waals surface area (Å²) in [7, 11) is -3.18. The number of alkyl halides is 3. The second kappa shape index (κ2) is 12.1. The topological polar surface area (TPSA) is 115 Å². The number of ether oxygens (including phenoxy) is 1. The number of nitrogens with zero attached hydrogens (tertiary/aromatic N) is 4. The van der Waals surface area contributed by atoms with Crippen LogP contribution in [0.2, 0.25) is 0 Å². The van der Waals surface area contributed by atoms with E-state index in [1.54, 1.807) is 12.1 Å². The lowest BCUT2D eigenvalue weighted by molar-refractivity contribution is -0.143. The number of benzene rings is 1. The van der Waals surface area contributed by atoms with Crippen LogP contribution in [-0.2, 0) is 16.2 Å². The molecule has 1 aliphatic carbocycles. The molecule has 1 saturated heterocycles. The van der Waals surface area contributed by atoms with Crippen molar-refractivity contribution in [3.05, 3.63) is 76.2 Å². The summed E-state index contributed by atoms with van der Waals surface area (Å²) in [5.41, 5.74) is 2.21. The van der Waals surface area contributed by atoms with Gasteiger partial charge in [0.05, 0.1) is 18.1 Å². The zero-order valence-electron chi connectivity index (χ0n) is 23.9. The van der Waals surface area contributed by atoms with Gasteiger partial charge in [0.25, 0.3) is 0 Å². The van der Waals surface area contributed by atoms with Gasteiger partial charge in [-0.05, 0) is 91.8 Å². The number of allylic oxidation sites excluding steroid dienone is 1. The zero-order chi connectivity index (χ0) is 30.9. The molecule has 13 heteroatoms. The fourth-order valence-electron chi connectivity index (χ4n) is 5.87. The van der Waals surface area contributed by atoms with E-state index in [2.05, 4.69) is 16.1 Å². The van der Waals surface area contributed by atoms with E-state index in [-0.39, 0.29) is 11.7 Å². The number of rotatable bonds is 8. The number of carboxylic acids is 1. The smallest absolute Gasteiger partial charge is 0.434 e. The number of carboxylic acid groups (broad SMARTS) is 1. The lowest BCUT2D eigenvalue weighted by Crippen LogP contribution is -2.37. The van der Waals surface area contributed by atoms with E-state index in [4.69, 9.17) is 4.74 Å². The maximum Gasteiger partial charge on any atom is 0.434 e. The van der Waals surface area contributed by atoms with Gasteiger partial charge in [-0.3, -0.25) is 0 Å².